The molecule has 1 aromatic heterocycles. The highest BCUT2D eigenvalue weighted by Crippen LogP contribution is 2.42. The Morgan fingerprint density at radius 3 is 2.62 bits per heavy atom. The van der Waals surface area contributed by atoms with E-state index in [2.05, 4.69) is 29.6 Å². The quantitative estimate of drug-likeness (QED) is 0.645. The lowest BCUT2D eigenvalue weighted by Crippen LogP contribution is -2.72. The van der Waals surface area contributed by atoms with Gasteiger partial charge in [0.05, 0.1) is 12.5 Å². The zero-order valence-electron chi connectivity index (χ0n) is 16.8. The van der Waals surface area contributed by atoms with E-state index in [9.17, 15) is 4.79 Å². The number of nitrogens with zero attached hydrogens (tertiary/aromatic N) is 2. The minimum absolute atomic E-state index is 0. The summed E-state index contributed by atoms with van der Waals surface area (Å²) in [6, 6.07) is 11.7. The van der Waals surface area contributed by atoms with E-state index in [1.54, 1.807) is 0 Å². The van der Waals surface area contributed by atoms with Crippen LogP contribution >= 0.6 is 24.0 Å². The van der Waals surface area contributed by atoms with Crippen LogP contribution in [0, 0.1) is 0 Å². The molecule has 0 aliphatic carbocycles. The number of unbranched alkanes of at least 4 members (excludes halogenated alkanes) is 1. The third-order valence-corrected chi connectivity index (χ3v) is 6.01. The summed E-state index contributed by atoms with van der Waals surface area (Å²) in [4.78, 5) is 16.6. The molecule has 29 heavy (non-hydrogen) atoms. The van der Waals surface area contributed by atoms with Crippen molar-refractivity contribution in [3.05, 3.63) is 47.2 Å². The van der Waals surface area contributed by atoms with Crippen molar-refractivity contribution in [2.75, 3.05) is 40.3 Å². The average molecular weight is 439 g/mol. The van der Waals surface area contributed by atoms with Crippen molar-refractivity contribution in [1.82, 2.24) is 20.4 Å². The molecule has 2 aliphatic rings. The van der Waals surface area contributed by atoms with Gasteiger partial charge in [0.25, 0.3) is 0 Å². The van der Waals surface area contributed by atoms with Crippen molar-refractivity contribution < 1.29 is 9.21 Å². The van der Waals surface area contributed by atoms with Crippen molar-refractivity contribution in [1.29, 1.82) is 0 Å². The third kappa shape index (κ3) is 4.26. The molecule has 2 aromatic rings. The van der Waals surface area contributed by atoms with E-state index in [0.29, 0.717) is 11.6 Å². The van der Waals surface area contributed by atoms with Crippen LogP contribution in [0.4, 0.5) is 4.79 Å². The molecule has 1 aromatic carbocycles. The molecule has 4 rings (SSSR count). The highest BCUT2D eigenvalue weighted by molar-refractivity contribution is 6.30. The first kappa shape index (κ1) is 22.0. The predicted molar refractivity (Wildman–Crippen MR) is 118 cm³/mol. The zero-order valence-corrected chi connectivity index (χ0v) is 18.4. The van der Waals surface area contributed by atoms with E-state index < -0.39 is 0 Å². The van der Waals surface area contributed by atoms with Crippen LogP contribution < -0.4 is 10.6 Å². The maximum absolute atomic E-state index is 12.5. The van der Waals surface area contributed by atoms with E-state index in [-0.39, 0.29) is 30.0 Å². The number of amides is 2. The summed E-state index contributed by atoms with van der Waals surface area (Å²) in [5.74, 6) is 1.88. The highest BCUT2D eigenvalue weighted by atomic mass is 35.5. The minimum Gasteiger partial charge on any atom is -0.461 e. The topological polar surface area (TPSA) is 60.8 Å². The second-order valence-corrected chi connectivity index (χ2v) is 8.32. The summed E-state index contributed by atoms with van der Waals surface area (Å²) in [5, 5.41) is 7.23. The fourth-order valence-corrected chi connectivity index (χ4v) is 4.26. The Morgan fingerprint density at radius 1 is 1.21 bits per heavy atom. The summed E-state index contributed by atoms with van der Waals surface area (Å²) in [5.41, 5.74) is 0.614. The molecule has 3 heterocycles. The molecule has 2 saturated heterocycles. The van der Waals surface area contributed by atoms with Gasteiger partial charge in [0.15, 0.2) is 0 Å². The van der Waals surface area contributed by atoms with Gasteiger partial charge in [-0.2, -0.15) is 0 Å². The zero-order chi connectivity index (χ0) is 19.7. The lowest BCUT2D eigenvalue weighted by molar-refractivity contribution is 0.0272. The monoisotopic (exact) mass is 438 g/mol. The molecular formula is C21H28Cl2N4O2. The number of carbonyl (C=O) groups excluding carboxylic acids is 1. The van der Waals surface area contributed by atoms with Crippen molar-refractivity contribution >= 4 is 30.0 Å². The smallest absolute Gasteiger partial charge is 0.319 e. The maximum atomic E-state index is 12.5. The summed E-state index contributed by atoms with van der Waals surface area (Å²) in [7, 11) is 4.14. The number of carbonyl (C=O) groups is 1. The first-order chi connectivity index (χ1) is 13.5. The van der Waals surface area contributed by atoms with Crippen molar-refractivity contribution in [2.45, 2.75) is 24.4 Å². The first-order valence-corrected chi connectivity index (χ1v) is 10.2. The van der Waals surface area contributed by atoms with Gasteiger partial charge < -0.3 is 19.5 Å². The summed E-state index contributed by atoms with van der Waals surface area (Å²) in [6.45, 7) is 3.17. The molecular weight excluding hydrogens is 411 g/mol. The van der Waals surface area contributed by atoms with Crippen LogP contribution in [0.3, 0.4) is 0 Å². The molecule has 2 amide bonds. The van der Waals surface area contributed by atoms with Gasteiger partial charge in [-0.1, -0.05) is 11.6 Å². The van der Waals surface area contributed by atoms with E-state index in [1.165, 1.54) is 0 Å². The van der Waals surface area contributed by atoms with Crippen LogP contribution in [0.25, 0.3) is 11.3 Å². The maximum Gasteiger partial charge on any atom is 0.319 e. The molecule has 2 N–H and O–H groups in total. The number of hydrogen-bond donors (Lipinski definition) is 2. The summed E-state index contributed by atoms with van der Waals surface area (Å²) >= 11 is 5.98. The Kier molecular flexibility index (Phi) is 6.79. The van der Waals surface area contributed by atoms with E-state index in [0.717, 1.165) is 49.6 Å². The van der Waals surface area contributed by atoms with Gasteiger partial charge in [-0.05, 0) is 69.9 Å². The number of benzene rings is 1. The number of rotatable bonds is 7. The molecule has 158 valence electrons. The highest BCUT2D eigenvalue weighted by Gasteiger charge is 2.57. The molecule has 2 atom stereocenters. The average Bonchev–Trinajstić information content (AvgIpc) is 3.25. The summed E-state index contributed by atoms with van der Waals surface area (Å²) < 4.78 is 6.19. The SMILES string of the molecule is CN(C)CCCCN1C(=O)NCC12NCC2c1ccc(-c2ccc(Cl)cc2)o1.Cl. The lowest BCUT2D eigenvalue weighted by Gasteiger charge is -2.51. The largest absolute Gasteiger partial charge is 0.461 e. The molecule has 2 unspecified atom stereocenters. The number of hydrogen-bond acceptors (Lipinski definition) is 4. The first-order valence-electron chi connectivity index (χ1n) is 9.80. The Hall–Kier alpha value is -1.73. The Labute approximate surface area is 183 Å². The normalized spacial score (nSPS) is 23.2. The Bertz CT molecular complexity index is 839. The van der Waals surface area contributed by atoms with Crippen LogP contribution in [0.5, 0.6) is 0 Å². The van der Waals surface area contributed by atoms with Crippen molar-refractivity contribution in [3.63, 3.8) is 0 Å². The number of urea groups is 1. The molecule has 0 saturated carbocycles. The molecule has 0 bridgehead atoms. The van der Waals surface area contributed by atoms with Crippen LogP contribution in [0.15, 0.2) is 40.8 Å². The van der Waals surface area contributed by atoms with Gasteiger partial charge in [-0.3, -0.25) is 5.32 Å². The van der Waals surface area contributed by atoms with Crippen LogP contribution in [0.1, 0.15) is 24.5 Å². The predicted octanol–water partition coefficient (Wildman–Crippen LogP) is 3.77. The van der Waals surface area contributed by atoms with Gasteiger partial charge in [0, 0.05) is 23.7 Å². The fraction of sp³-hybridized carbons (Fsp3) is 0.476. The molecule has 1 spiro atoms. The summed E-state index contributed by atoms with van der Waals surface area (Å²) in [6.07, 6.45) is 2.05. The third-order valence-electron chi connectivity index (χ3n) is 5.76. The van der Waals surface area contributed by atoms with Crippen LogP contribution in [-0.4, -0.2) is 61.8 Å². The molecule has 2 fully saturated rings. The van der Waals surface area contributed by atoms with Gasteiger partial charge in [0.2, 0.25) is 0 Å². The molecule has 0 radical (unpaired) electrons. The minimum atomic E-state index is -0.385. The second kappa shape index (κ2) is 8.96. The van der Waals surface area contributed by atoms with Gasteiger partial charge in [-0.25, -0.2) is 4.79 Å². The second-order valence-electron chi connectivity index (χ2n) is 7.89. The van der Waals surface area contributed by atoms with E-state index in [4.69, 9.17) is 16.0 Å². The number of halogens is 2. The van der Waals surface area contributed by atoms with Gasteiger partial charge in [-0.15, -0.1) is 12.4 Å². The Morgan fingerprint density at radius 2 is 1.97 bits per heavy atom. The fourth-order valence-electron chi connectivity index (χ4n) is 4.14. The molecule has 2 aliphatic heterocycles. The Balaban J connectivity index is 0.00000240. The number of furan rings is 1. The standard InChI is InChI=1S/C21H27ClN4O2.ClH/c1-25(2)11-3-4-12-26-20(27)23-14-21(26)17(13-24-21)19-10-9-18(28-19)15-5-7-16(22)8-6-15;/h5-10,17,24H,3-4,11-14H2,1-2H3,(H,23,27);1H. The van der Waals surface area contributed by atoms with Crippen LogP contribution in [0.2, 0.25) is 5.02 Å². The van der Waals surface area contributed by atoms with Crippen molar-refractivity contribution in [3.8, 4) is 11.3 Å². The van der Waals surface area contributed by atoms with Gasteiger partial charge in [0.1, 0.15) is 17.2 Å². The van der Waals surface area contributed by atoms with E-state index in [1.807, 2.05) is 41.3 Å². The molecule has 6 nitrogen and oxygen atoms in total. The van der Waals surface area contributed by atoms with Crippen molar-refractivity contribution in [2.24, 2.45) is 0 Å². The van der Waals surface area contributed by atoms with Crippen LogP contribution in [-0.2, 0) is 0 Å². The molecule has 8 heteroatoms. The lowest BCUT2D eigenvalue weighted by atomic mass is 9.81. The van der Waals surface area contributed by atoms with Gasteiger partial charge >= 0.3 is 6.03 Å². The number of nitrogens with one attached hydrogen (secondary N) is 2. The van der Waals surface area contributed by atoms with E-state index >= 15 is 0 Å².